The number of fused-ring (bicyclic) bond motifs is 3. The van der Waals surface area contributed by atoms with Crippen molar-refractivity contribution in [2.75, 3.05) is 18.8 Å². The SMILES string of the molecule is CCCn1c(SCC(=O)N2CCCCCCC2)nc2sc3c(c2c1=O)CCC3. The molecule has 0 bridgehead atoms. The Labute approximate surface area is 174 Å². The van der Waals surface area contributed by atoms with Gasteiger partial charge in [-0.2, -0.15) is 0 Å². The molecule has 0 radical (unpaired) electrons. The van der Waals surface area contributed by atoms with Crippen LogP contribution >= 0.6 is 23.1 Å². The minimum atomic E-state index is 0.0902. The lowest BCUT2D eigenvalue weighted by Gasteiger charge is -2.24. The monoisotopic (exact) mass is 419 g/mol. The molecule has 1 aliphatic heterocycles. The van der Waals surface area contributed by atoms with E-state index in [1.54, 1.807) is 15.9 Å². The van der Waals surface area contributed by atoms with E-state index < -0.39 is 0 Å². The summed E-state index contributed by atoms with van der Waals surface area (Å²) in [5.41, 5.74) is 1.32. The molecule has 2 aliphatic rings. The zero-order chi connectivity index (χ0) is 19.5. The molecule has 1 fully saturated rings. The Balaban J connectivity index is 1.56. The Morgan fingerprint density at radius 1 is 1.11 bits per heavy atom. The molecule has 28 heavy (non-hydrogen) atoms. The van der Waals surface area contributed by atoms with Gasteiger partial charge in [0.1, 0.15) is 4.83 Å². The number of thiophene rings is 1. The number of carbonyl (C=O) groups is 1. The maximum Gasteiger partial charge on any atom is 0.263 e. The van der Waals surface area contributed by atoms with Crippen molar-refractivity contribution in [2.24, 2.45) is 0 Å². The molecular formula is C21H29N3O2S2. The van der Waals surface area contributed by atoms with Gasteiger partial charge in [-0.25, -0.2) is 4.98 Å². The molecule has 2 aromatic heterocycles. The Kier molecular flexibility index (Phi) is 6.41. The third-order valence-corrected chi connectivity index (χ3v) is 7.92. The third-order valence-electron chi connectivity index (χ3n) is 5.77. The van der Waals surface area contributed by atoms with E-state index in [0.29, 0.717) is 17.5 Å². The topological polar surface area (TPSA) is 55.2 Å². The number of rotatable bonds is 5. The largest absolute Gasteiger partial charge is 0.342 e. The van der Waals surface area contributed by atoms with Gasteiger partial charge in [-0.05, 0) is 44.1 Å². The number of aryl methyl sites for hydroxylation is 2. The number of thioether (sulfide) groups is 1. The molecule has 0 spiro atoms. The average Bonchev–Trinajstić information content (AvgIpc) is 3.23. The standard InChI is InChI=1S/C21H29N3O2S2/c1-2-11-24-20(26)18-15-9-8-10-16(15)28-19(18)22-21(24)27-14-17(25)23-12-6-4-3-5-7-13-23/h2-14H2,1H3. The summed E-state index contributed by atoms with van der Waals surface area (Å²) in [5, 5.41) is 1.55. The summed E-state index contributed by atoms with van der Waals surface area (Å²) in [6.45, 7) is 4.47. The molecule has 3 heterocycles. The summed E-state index contributed by atoms with van der Waals surface area (Å²) >= 11 is 3.11. The van der Waals surface area contributed by atoms with Crippen LogP contribution in [0.5, 0.6) is 0 Å². The summed E-state index contributed by atoms with van der Waals surface area (Å²) < 4.78 is 1.80. The van der Waals surface area contributed by atoms with Crippen molar-refractivity contribution in [3.8, 4) is 0 Å². The van der Waals surface area contributed by atoms with Crippen LogP contribution < -0.4 is 5.56 Å². The normalized spacial score (nSPS) is 17.5. The average molecular weight is 420 g/mol. The van der Waals surface area contributed by atoms with E-state index in [0.717, 1.165) is 61.8 Å². The summed E-state index contributed by atoms with van der Waals surface area (Å²) in [6, 6.07) is 0. The number of aromatic nitrogens is 2. The molecular weight excluding hydrogens is 390 g/mol. The van der Waals surface area contributed by atoms with Gasteiger partial charge >= 0.3 is 0 Å². The van der Waals surface area contributed by atoms with Gasteiger partial charge in [0.05, 0.1) is 11.1 Å². The zero-order valence-electron chi connectivity index (χ0n) is 16.7. The minimum Gasteiger partial charge on any atom is -0.342 e. The van der Waals surface area contributed by atoms with Gasteiger partial charge in [-0.1, -0.05) is 37.9 Å². The Hall–Kier alpha value is -1.34. The Bertz CT molecular complexity index is 910. The number of hydrogen-bond donors (Lipinski definition) is 0. The molecule has 1 aliphatic carbocycles. The highest BCUT2D eigenvalue weighted by Gasteiger charge is 2.24. The summed E-state index contributed by atoms with van der Waals surface area (Å²) in [5.74, 6) is 0.546. The number of nitrogens with zero attached hydrogens (tertiary/aromatic N) is 3. The fourth-order valence-corrected chi connectivity index (χ4v) is 6.53. The second-order valence-electron chi connectivity index (χ2n) is 7.83. The highest BCUT2D eigenvalue weighted by molar-refractivity contribution is 7.99. The summed E-state index contributed by atoms with van der Waals surface area (Å²) in [6.07, 6.45) is 10.0. The van der Waals surface area contributed by atoms with Gasteiger partial charge in [0.25, 0.3) is 5.56 Å². The summed E-state index contributed by atoms with van der Waals surface area (Å²) in [7, 11) is 0. The van der Waals surface area contributed by atoms with E-state index in [9.17, 15) is 9.59 Å². The number of hydrogen-bond acceptors (Lipinski definition) is 5. The van der Waals surface area contributed by atoms with Crippen LogP contribution in [0.3, 0.4) is 0 Å². The van der Waals surface area contributed by atoms with Gasteiger partial charge in [0.15, 0.2) is 5.16 Å². The van der Waals surface area contributed by atoms with Crippen molar-refractivity contribution in [2.45, 2.75) is 76.4 Å². The first-order chi connectivity index (χ1) is 13.7. The minimum absolute atomic E-state index is 0.0902. The second-order valence-corrected chi connectivity index (χ2v) is 9.85. The number of amides is 1. The fourth-order valence-electron chi connectivity index (χ4n) is 4.30. The van der Waals surface area contributed by atoms with Crippen LogP contribution in [0.25, 0.3) is 10.2 Å². The highest BCUT2D eigenvalue weighted by atomic mass is 32.2. The molecule has 5 nitrogen and oxygen atoms in total. The van der Waals surface area contributed by atoms with E-state index >= 15 is 0 Å². The van der Waals surface area contributed by atoms with E-state index in [4.69, 9.17) is 4.98 Å². The lowest BCUT2D eigenvalue weighted by atomic mass is 10.1. The van der Waals surface area contributed by atoms with E-state index in [-0.39, 0.29) is 11.5 Å². The van der Waals surface area contributed by atoms with Crippen LogP contribution in [-0.4, -0.2) is 39.2 Å². The van der Waals surface area contributed by atoms with Gasteiger partial charge in [0, 0.05) is 24.5 Å². The van der Waals surface area contributed by atoms with Crippen molar-refractivity contribution >= 4 is 39.2 Å². The number of carbonyl (C=O) groups excluding carboxylic acids is 1. The van der Waals surface area contributed by atoms with Gasteiger partial charge in [0.2, 0.25) is 5.91 Å². The Morgan fingerprint density at radius 2 is 1.86 bits per heavy atom. The smallest absolute Gasteiger partial charge is 0.263 e. The van der Waals surface area contributed by atoms with Crippen LogP contribution in [0.2, 0.25) is 0 Å². The first kappa shape index (κ1) is 20.0. The zero-order valence-corrected chi connectivity index (χ0v) is 18.3. The first-order valence-electron chi connectivity index (χ1n) is 10.6. The van der Waals surface area contributed by atoms with E-state index in [1.807, 2.05) is 4.90 Å². The maximum absolute atomic E-state index is 13.2. The highest BCUT2D eigenvalue weighted by Crippen LogP contribution is 2.35. The number of likely N-dealkylation sites (tertiary alicyclic amines) is 1. The van der Waals surface area contributed by atoms with Crippen LogP contribution in [0.4, 0.5) is 0 Å². The molecule has 0 N–H and O–H groups in total. The molecule has 1 amide bonds. The van der Waals surface area contributed by atoms with E-state index in [2.05, 4.69) is 6.92 Å². The molecule has 4 rings (SSSR count). The summed E-state index contributed by atoms with van der Waals surface area (Å²) in [4.78, 5) is 35.0. The molecule has 1 saturated heterocycles. The predicted molar refractivity (Wildman–Crippen MR) is 117 cm³/mol. The molecule has 0 aromatic carbocycles. The quantitative estimate of drug-likeness (QED) is 0.537. The van der Waals surface area contributed by atoms with Gasteiger partial charge in [-0.3, -0.25) is 14.2 Å². The lowest BCUT2D eigenvalue weighted by Crippen LogP contribution is -2.35. The maximum atomic E-state index is 13.2. The van der Waals surface area contributed by atoms with Crippen LogP contribution in [0.1, 0.15) is 62.3 Å². The molecule has 0 unspecified atom stereocenters. The van der Waals surface area contributed by atoms with Crippen molar-refractivity contribution < 1.29 is 4.79 Å². The van der Waals surface area contributed by atoms with Gasteiger partial charge < -0.3 is 4.90 Å². The fraction of sp³-hybridized carbons (Fsp3) is 0.667. The van der Waals surface area contributed by atoms with Crippen LogP contribution in [0, 0.1) is 0 Å². The molecule has 2 aromatic rings. The van der Waals surface area contributed by atoms with Crippen molar-refractivity contribution in [3.63, 3.8) is 0 Å². The van der Waals surface area contributed by atoms with Crippen LogP contribution in [0.15, 0.2) is 9.95 Å². The third kappa shape index (κ3) is 4.01. The Morgan fingerprint density at radius 3 is 2.61 bits per heavy atom. The van der Waals surface area contributed by atoms with Crippen molar-refractivity contribution in [3.05, 3.63) is 20.8 Å². The second kappa shape index (κ2) is 8.99. The van der Waals surface area contributed by atoms with Crippen LogP contribution in [-0.2, 0) is 24.2 Å². The molecule has 152 valence electrons. The molecule has 7 heteroatoms. The van der Waals surface area contributed by atoms with Crippen molar-refractivity contribution in [1.82, 2.24) is 14.5 Å². The molecule has 0 atom stereocenters. The molecule has 0 saturated carbocycles. The van der Waals surface area contributed by atoms with Crippen molar-refractivity contribution in [1.29, 1.82) is 0 Å². The van der Waals surface area contributed by atoms with E-state index in [1.165, 1.54) is 41.5 Å². The van der Waals surface area contributed by atoms with Gasteiger partial charge in [-0.15, -0.1) is 11.3 Å². The lowest BCUT2D eigenvalue weighted by molar-refractivity contribution is -0.128. The first-order valence-corrected chi connectivity index (χ1v) is 12.4. The predicted octanol–water partition coefficient (Wildman–Crippen LogP) is 4.24.